The molecule has 0 aliphatic carbocycles. The summed E-state index contributed by atoms with van der Waals surface area (Å²) >= 11 is 0. The van der Waals surface area contributed by atoms with E-state index in [-0.39, 0.29) is 23.6 Å². The van der Waals surface area contributed by atoms with Gasteiger partial charge in [-0.3, -0.25) is 9.59 Å². The Balaban J connectivity index is 2.13. The number of benzene rings is 2. The Labute approximate surface area is 188 Å². The number of amides is 2. The summed E-state index contributed by atoms with van der Waals surface area (Å²) in [6.07, 6.45) is 0.119. The lowest BCUT2D eigenvalue weighted by Gasteiger charge is -2.20. The second-order valence-electron chi connectivity index (χ2n) is 6.80. The van der Waals surface area contributed by atoms with Crippen LogP contribution in [0, 0.1) is 0 Å². The van der Waals surface area contributed by atoms with Crippen LogP contribution < -0.4 is 20.5 Å². The molecule has 9 nitrogen and oxygen atoms in total. The Hall–Kier alpha value is -3.11. The van der Waals surface area contributed by atoms with Gasteiger partial charge >= 0.3 is 0 Å². The van der Waals surface area contributed by atoms with Gasteiger partial charge in [0.15, 0.2) is 6.61 Å². The van der Waals surface area contributed by atoms with Crippen molar-refractivity contribution in [3.05, 3.63) is 48.0 Å². The molecule has 0 spiro atoms. The minimum Gasteiger partial charge on any atom is -0.492 e. The summed E-state index contributed by atoms with van der Waals surface area (Å²) in [6.45, 7) is 6.02. The van der Waals surface area contributed by atoms with Crippen LogP contribution in [0.2, 0.25) is 0 Å². The first-order chi connectivity index (χ1) is 15.2. The molecule has 0 radical (unpaired) electrons. The number of carbonyl (C=O) groups is 2. The molecule has 2 aromatic carbocycles. The zero-order valence-electron chi connectivity index (χ0n) is 18.5. The molecule has 0 bridgehead atoms. The molecule has 32 heavy (non-hydrogen) atoms. The molecule has 0 fully saturated rings. The Kier molecular flexibility index (Phi) is 9.03. The first kappa shape index (κ1) is 25.2. The van der Waals surface area contributed by atoms with Gasteiger partial charge < -0.3 is 20.5 Å². The summed E-state index contributed by atoms with van der Waals surface area (Å²) in [5, 5.41) is 2.66. The van der Waals surface area contributed by atoms with Gasteiger partial charge in [-0.15, -0.1) is 0 Å². The number of nitrogens with one attached hydrogen (secondary N) is 1. The van der Waals surface area contributed by atoms with E-state index in [2.05, 4.69) is 5.32 Å². The third-order valence-corrected chi connectivity index (χ3v) is 6.59. The minimum atomic E-state index is -3.70. The number of anilines is 1. The maximum Gasteiger partial charge on any atom is 0.262 e. The van der Waals surface area contributed by atoms with Gasteiger partial charge in [0.2, 0.25) is 15.9 Å². The maximum atomic E-state index is 12.8. The molecule has 0 heterocycles. The highest BCUT2D eigenvalue weighted by molar-refractivity contribution is 7.89. The molecule has 2 aromatic rings. The average Bonchev–Trinajstić information content (AvgIpc) is 2.75. The fourth-order valence-corrected chi connectivity index (χ4v) is 4.49. The lowest BCUT2D eigenvalue weighted by Crippen LogP contribution is -2.30. The van der Waals surface area contributed by atoms with Crippen LogP contribution in [0.15, 0.2) is 47.4 Å². The van der Waals surface area contributed by atoms with E-state index in [0.29, 0.717) is 31.2 Å². The molecular weight excluding hydrogens is 434 g/mol. The van der Waals surface area contributed by atoms with E-state index in [1.165, 1.54) is 22.5 Å². The lowest BCUT2D eigenvalue weighted by molar-refractivity contribution is -0.118. The molecule has 0 aliphatic heterocycles. The molecule has 0 unspecified atom stereocenters. The number of hydrogen-bond acceptors (Lipinski definition) is 6. The average molecular weight is 464 g/mol. The quantitative estimate of drug-likeness (QED) is 0.496. The summed E-state index contributed by atoms with van der Waals surface area (Å²) in [4.78, 5) is 23.5. The maximum absolute atomic E-state index is 12.8. The van der Waals surface area contributed by atoms with Gasteiger partial charge in [-0.1, -0.05) is 26.0 Å². The van der Waals surface area contributed by atoms with Crippen LogP contribution in [0.5, 0.6) is 11.5 Å². The molecule has 0 atom stereocenters. The van der Waals surface area contributed by atoms with Crippen LogP contribution in [0.1, 0.15) is 26.3 Å². The normalized spacial score (nSPS) is 11.2. The SMILES string of the molecule is CCOc1ccc(S(=O)(=O)N(CC)CC)cc1NC(=O)COc1ccc(CC(N)=O)cc1. The van der Waals surface area contributed by atoms with Gasteiger partial charge in [0.05, 0.1) is 23.6 Å². The van der Waals surface area contributed by atoms with Crippen LogP contribution in [-0.4, -0.2) is 50.8 Å². The van der Waals surface area contributed by atoms with Crippen molar-refractivity contribution < 1.29 is 27.5 Å². The molecule has 2 rings (SSSR count). The Morgan fingerprint density at radius 1 is 1.00 bits per heavy atom. The third-order valence-electron chi connectivity index (χ3n) is 4.54. The Bertz CT molecular complexity index is 1030. The zero-order chi connectivity index (χ0) is 23.7. The predicted octanol–water partition coefficient (Wildman–Crippen LogP) is 2.16. The number of carbonyl (C=O) groups excluding carboxylic acids is 2. The predicted molar refractivity (Wildman–Crippen MR) is 121 cm³/mol. The Morgan fingerprint density at radius 3 is 2.22 bits per heavy atom. The van der Waals surface area contributed by atoms with Crippen molar-refractivity contribution in [1.82, 2.24) is 4.31 Å². The largest absolute Gasteiger partial charge is 0.492 e. The van der Waals surface area contributed by atoms with E-state index in [1.807, 2.05) is 0 Å². The van der Waals surface area contributed by atoms with E-state index in [0.717, 1.165) is 5.56 Å². The molecule has 3 N–H and O–H groups in total. The smallest absolute Gasteiger partial charge is 0.262 e. The number of hydrogen-bond donors (Lipinski definition) is 2. The number of nitrogens with two attached hydrogens (primary N) is 1. The van der Waals surface area contributed by atoms with Crippen molar-refractivity contribution in [2.75, 3.05) is 31.6 Å². The highest BCUT2D eigenvalue weighted by Crippen LogP contribution is 2.29. The number of ether oxygens (including phenoxy) is 2. The molecule has 174 valence electrons. The van der Waals surface area contributed by atoms with Gasteiger partial charge in [0.1, 0.15) is 11.5 Å². The van der Waals surface area contributed by atoms with Gasteiger partial charge in [0, 0.05) is 13.1 Å². The summed E-state index contributed by atoms with van der Waals surface area (Å²) in [5.41, 5.74) is 6.14. The van der Waals surface area contributed by atoms with E-state index in [4.69, 9.17) is 15.2 Å². The topological polar surface area (TPSA) is 128 Å². The number of nitrogens with zero attached hydrogens (tertiary/aromatic N) is 1. The lowest BCUT2D eigenvalue weighted by atomic mass is 10.1. The second-order valence-corrected chi connectivity index (χ2v) is 8.74. The molecule has 0 saturated heterocycles. The summed E-state index contributed by atoms with van der Waals surface area (Å²) in [7, 11) is -3.70. The molecule has 0 aliphatic rings. The van der Waals surface area contributed by atoms with Crippen molar-refractivity contribution in [3.63, 3.8) is 0 Å². The molecule has 0 aromatic heterocycles. The standard InChI is InChI=1S/C22H29N3O6S/c1-4-25(5-2)32(28,29)18-11-12-20(30-6-3)19(14-18)24-22(27)15-31-17-9-7-16(8-10-17)13-21(23)26/h7-12,14H,4-6,13,15H2,1-3H3,(H2,23,26)(H,24,27). The fourth-order valence-electron chi connectivity index (χ4n) is 3.00. The third kappa shape index (κ3) is 6.69. The van der Waals surface area contributed by atoms with Crippen LogP contribution in [0.3, 0.4) is 0 Å². The molecule has 0 saturated carbocycles. The van der Waals surface area contributed by atoms with Gasteiger partial charge in [0.25, 0.3) is 5.91 Å². The van der Waals surface area contributed by atoms with Crippen LogP contribution in [0.4, 0.5) is 5.69 Å². The first-order valence-corrected chi connectivity index (χ1v) is 11.7. The van der Waals surface area contributed by atoms with Crippen LogP contribution >= 0.6 is 0 Å². The van der Waals surface area contributed by atoms with E-state index in [1.54, 1.807) is 45.0 Å². The Morgan fingerprint density at radius 2 is 1.66 bits per heavy atom. The summed E-state index contributed by atoms with van der Waals surface area (Å²) in [6, 6.07) is 11.0. The second kappa shape index (κ2) is 11.5. The summed E-state index contributed by atoms with van der Waals surface area (Å²) < 4.78 is 38.0. The van der Waals surface area contributed by atoms with Crippen molar-refractivity contribution in [2.45, 2.75) is 32.1 Å². The highest BCUT2D eigenvalue weighted by atomic mass is 32.2. The highest BCUT2D eigenvalue weighted by Gasteiger charge is 2.23. The number of rotatable bonds is 12. The van der Waals surface area contributed by atoms with Crippen molar-refractivity contribution in [2.24, 2.45) is 5.73 Å². The van der Waals surface area contributed by atoms with E-state index < -0.39 is 21.8 Å². The van der Waals surface area contributed by atoms with Gasteiger partial charge in [-0.25, -0.2) is 8.42 Å². The van der Waals surface area contributed by atoms with Crippen LogP contribution in [-0.2, 0) is 26.0 Å². The fraction of sp³-hybridized carbons (Fsp3) is 0.364. The van der Waals surface area contributed by atoms with E-state index >= 15 is 0 Å². The van der Waals surface area contributed by atoms with E-state index in [9.17, 15) is 18.0 Å². The minimum absolute atomic E-state index is 0.0610. The van der Waals surface area contributed by atoms with Gasteiger partial charge in [-0.2, -0.15) is 4.31 Å². The van der Waals surface area contributed by atoms with Crippen LogP contribution in [0.25, 0.3) is 0 Å². The first-order valence-electron chi connectivity index (χ1n) is 10.3. The van der Waals surface area contributed by atoms with Crippen molar-refractivity contribution in [1.29, 1.82) is 0 Å². The molecular formula is C22H29N3O6S. The molecule has 10 heteroatoms. The number of primary amides is 1. The number of sulfonamides is 1. The van der Waals surface area contributed by atoms with Crippen molar-refractivity contribution in [3.8, 4) is 11.5 Å². The zero-order valence-corrected chi connectivity index (χ0v) is 19.3. The summed E-state index contributed by atoms with van der Waals surface area (Å²) in [5.74, 6) is -0.121. The van der Waals surface area contributed by atoms with Crippen molar-refractivity contribution >= 4 is 27.5 Å². The molecule has 2 amide bonds. The monoisotopic (exact) mass is 463 g/mol. The van der Waals surface area contributed by atoms with Gasteiger partial charge in [-0.05, 0) is 42.8 Å².